The first-order chi connectivity index (χ1) is 23.1. The van der Waals surface area contributed by atoms with E-state index in [-0.39, 0.29) is 17.2 Å². The number of hydrogen-bond acceptors (Lipinski definition) is 7. The normalized spacial score (nSPS) is 12.7. The van der Waals surface area contributed by atoms with Gasteiger partial charge in [-0.3, -0.25) is 10.2 Å². The SMILES string of the molecule is CCOCCN(CCOCC)C(=O)c1ccccc1Oc1cc(C(C)(C)C)cc2cc3c(c(-c4cccc(SCC)c4)c12)C(N)=NC3=N. The fourth-order valence-corrected chi connectivity index (χ4v) is 6.60. The molecule has 4 aromatic carbocycles. The lowest BCUT2D eigenvalue weighted by Crippen LogP contribution is -2.37. The van der Waals surface area contributed by atoms with Gasteiger partial charge in [0.1, 0.15) is 17.3 Å². The van der Waals surface area contributed by atoms with Crippen LogP contribution in [0.15, 0.2) is 76.6 Å². The first-order valence-corrected chi connectivity index (χ1v) is 17.6. The first-order valence-electron chi connectivity index (χ1n) is 16.6. The number of nitrogens with one attached hydrogen (secondary N) is 1. The Kier molecular flexibility index (Phi) is 11.2. The summed E-state index contributed by atoms with van der Waals surface area (Å²) in [5, 5.41) is 10.4. The molecule has 0 saturated heterocycles. The minimum absolute atomic E-state index is 0.142. The molecule has 0 fully saturated rings. The van der Waals surface area contributed by atoms with Crippen LogP contribution >= 0.6 is 11.8 Å². The molecule has 1 heterocycles. The predicted octanol–water partition coefficient (Wildman–Crippen LogP) is 8.27. The van der Waals surface area contributed by atoms with Gasteiger partial charge in [-0.15, -0.1) is 11.8 Å². The Morgan fingerprint density at radius 1 is 0.896 bits per heavy atom. The van der Waals surface area contributed by atoms with Crippen LogP contribution in [0.3, 0.4) is 0 Å². The van der Waals surface area contributed by atoms with Crippen molar-refractivity contribution in [2.45, 2.75) is 51.9 Å². The highest BCUT2D eigenvalue weighted by molar-refractivity contribution is 7.99. The average Bonchev–Trinajstić information content (AvgIpc) is 3.34. The number of nitrogens with two attached hydrogens (primary N) is 1. The number of nitrogens with zero attached hydrogens (tertiary/aromatic N) is 2. The lowest BCUT2D eigenvalue weighted by molar-refractivity contribution is 0.0548. The number of carbonyl (C=O) groups is 1. The second-order valence-corrected chi connectivity index (χ2v) is 13.9. The third kappa shape index (κ3) is 7.59. The number of amides is 1. The van der Waals surface area contributed by atoms with E-state index in [0.717, 1.165) is 43.7 Å². The summed E-state index contributed by atoms with van der Waals surface area (Å²) in [5.74, 6) is 2.28. The van der Waals surface area contributed by atoms with Gasteiger partial charge in [0.15, 0.2) is 5.84 Å². The van der Waals surface area contributed by atoms with Crippen molar-refractivity contribution in [1.82, 2.24) is 4.90 Å². The quantitative estimate of drug-likeness (QED) is 0.104. The standard InChI is InChI=1S/C39H46N4O4S/c1-7-45-19-17-43(18-20-46-8-2)38(44)29-15-10-11-16-31(29)47-32-24-27(39(4,5)6)21-26-23-30-35(37(41)42-36(30)40)34(33(26)32)25-13-12-14-28(22-25)48-9-3/h10-16,21-24H,7-9,17-20H2,1-6H3,(H3,40,41,42). The Morgan fingerprint density at radius 2 is 1.60 bits per heavy atom. The smallest absolute Gasteiger partial charge is 0.257 e. The summed E-state index contributed by atoms with van der Waals surface area (Å²) in [6, 6.07) is 22.0. The molecule has 0 unspecified atom stereocenters. The number of carbonyl (C=O) groups excluding carboxylic acids is 1. The molecule has 48 heavy (non-hydrogen) atoms. The summed E-state index contributed by atoms with van der Waals surface area (Å²) in [4.78, 5) is 21.4. The Bertz CT molecular complexity index is 1840. The van der Waals surface area contributed by atoms with Crippen molar-refractivity contribution < 1.29 is 19.0 Å². The van der Waals surface area contributed by atoms with E-state index in [2.05, 4.69) is 63.0 Å². The molecule has 0 aliphatic carbocycles. The van der Waals surface area contributed by atoms with Crippen molar-refractivity contribution in [3.63, 3.8) is 0 Å². The first kappa shape index (κ1) is 35.1. The molecule has 252 valence electrons. The third-order valence-electron chi connectivity index (χ3n) is 8.29. The van der Waals surface area contributed by atoms with Gasteiger partial charge in [0.25, 0.3) is 5.91 Å². The average molecular weight is 667 g/mol. The molecule has 5 rings (SSSR count). The summed E-state index contributed by atoms with van der Waals surface area (Å²) in [7, 11) is 0. The fourth-order valence-electron chi connectivity index (χ4n) is 5.88. The molecule has 0 atom stereocenters. The van der Waals surface area contributed by atoms with Crippen molar-refractivity contribution >= 4 is 40.1 Å². The highest BCUT2D eigenvalue weighted by atomic mass is 32.2. The summed E-state index contributed by atoms with van der Waals surface area (Å²) >= 11 is 1.76. The fraction of sp³-hybridized carbons (Fsp3) is 0.359. The zero-order valence-corrected chi connectivity index (χ0v) is 29.6. The monoisotopic (exact) mass is 666 g/mol. The molecule has 4 aromatic rings. The number of benzene rings is 4. The van der Waals surface area contributed by atoms with Crippen molar-refractivity contribution in [3.05, 3.63) is 89.0 Å². The van der Waals surface area contributed by atoms with Gasteiger partial charge in [-0.2, -0.15) is 0 Å². The highest BCUT2D eigenvalue weighted by Gasteiger charge is 2.29. The van der Waals surface area contributed by atoms with Crippen LogP contribution in [0, 0.1) is 5.41 Å². The molecule has 1 aliphatic rings. The number of rotatable bonds is 14. The molecule has 0 aromatic heterocycles. The number of aliphatic imine (C=N–C) groups is 1. The van der Waals surface area contributed by atoms with Gasteiger partial charge < -0.3 is 24.8 Å². The number of thioether (sulfide) groups is 1. The van der Waals surface area contributed by atoms with E-state index in [4.69, 9.17) is 25.4 Å². The Labute approximate surface area is 288 Å². The van der Waals surface area contributed by atoms with E-state index in [1.54, 1.807) is 22.7 Å². The van der Waals surface area contributed by atoms with Gasteiger partial charge in [-0.25, -0.2) is 4.99 Å². The number of para-hydroxylation sites is 1. The van der Waals surface area contributed by atoms with Gasteiger partial charge in [0, 0.05) is 53.3 Å². The lowest BCUT2D eigenvalue weighted by atomic mass is 9.83. The topological polar surface area (TPSA) is 110 Å². The third-order valence-corrected chi connectivity index (χ3v) is 9.16. The molecule has 9 heteroatoms. The number of hydrogen-bond donors (Lipinski definition) is 2. The molecule has 0 saturated carbocycles. The van der Waals surface area contributed by atoms with Crippen LogP contribution in [-0.4, -0.2) is 67.7 Å². The Balaban J connectivity index is 1.72. The van der Waals surface area contributed by atoms with Crippen LogP contribution in [-0.2, 0) is 14.9 Å². The van der Waals surface area contributed by atoms with E-state index in [9.17, 15) is 4.79 Å². The van der Waals surface area contributed by atoms with E-state index < -0.39 is 0 Å². The van der Waals surface area contributed by atoms with Gasteiger partial charge in [-0.1, -0.05) is 58.0 Å². The maximum absolute atomic E-state index is 14.1. The van der Waals surface area contributed by atoms with Crippen molar-refractivity contribution in [2.24, 2.45) is 10.7 Å². The molecule has 0 spiro atoms. The molecule has 3 N–H and O–H groups in total. The molecular weight excluding hydrogens is 621 g/mol. The van der Waals surface area contributed by atoms with Gasteiger partial charge in [-0.05, 0) is 77.9 Å². The molecule has 0 bridgehead atoms. The molecule has 1 aliphatic heterocycles. The summed E-state index contributed by atoms with van der Waals surface area (Å²) in [6.07, 6.45) is 0. The summed E-state index contributed by atoms with van der Waals surface area (Å²) < 4.78 is 18.1. The zero-order chi connectivity index (χ0) is 34.4. The zero-order valence-electron chi connectivity index (χ0n) is 28.8. The largest absolute Gasteiger partial charge is 0.456 e. The minimum atomic E-state index is -0.211. The maximum atomic E-state index is 14.1. The van der Waals surface area contributed by atoms with E-state index in [1.807, 2.05) is 44.2 Å². The van der Waals surface area contributed by atoms with Crippen LogP contribution in [0.1, 0.15) is 68.6 Å². The molecule has 0 radical (unpaired) electrons. The van der Waals surface area contributed by atoms with Crippen LogP contribution in [0.2, 0.25) is 0 Å². The summed E-state index contributed by atoms with van der Waals surface area (Å²) in [6.45, 7) is 15.4. The molecular formula is C39H46N4O4S. The minimum Gasteiger partial charge on any atom is -0.456 e. The van der Waals surface area contributed by atoms with Crippen molar-refractivity contribution in [3.8, 4) is 22.6 Å². The lowest BCUT2D eigenvalue weighted by Gasteiger charge is -2.25. The predicted molar refractivity (Wildman–Crippen MR) is 197 cm³/mol. The highest BCUT2D eigenvalue weighted by Crippen LogP contribution is 2.45. The second kappa shape index (κ2) is 15.4. The van der Waals surface area contributed by atoms with Gasteiger partial charge in [0.05, 0.1) is 18.8 Å². The second-order valence-electron chi connectivity index (χ2n) is 12.6. The Hall–Kier alpha value is -4.18. The Morgan fingerprint density at radius 3 is 2.27 bits per heavy atom. The van der Waals surface area contributed by atoms with Crippen LogP contribution in [0.25, 0.3) is 21.9 Å². The van der Waals surface area contributed by atoms with E-state index in [0.29, 0.717) is 68.0 Å². The molecule has 8 nitrogen and oxygen atoms in total. The van der Waals surface area contributed by atoms with Crippen LogP contribution in [0.5, 0.6) is 11.5 Å². The number of fused-ring (bicyclic) bond motifs is 2. The van der Waals surface area contributed by atoms with E-state index >= 15 is 0 Å². The van der Waals surface area contributed by atoms with Gasteiger partial charge >= 0.3 is 0 Å². The number of amidine groups is 2. The van der Waals surface area contributed by atoms with Crippen molar-refractivity contribution in [1.29, 1.82) is 5.41 Å². The van der Waals surface area contributed by atoms with E-state index in [1.165, 1.54) is 0 Å². The summed E-state index contributed by atoms with van der Waals surface area (Å²) in [5.41, 5.74) is 11.1. The van der Waals surface area contributed by atoms with Crippen LogP contribution in [0.4, 0.5) is 0 Å². The van der Waals surface area contributed by atoms with Gasteiger partial charge in [0.2, 0.25) is 0 Å². The number of ether oxygens (including phenoxy) is 3. The van der Waals surface area contributed by atoms with Crippen LogP contribution < -0.4 is 10.5 Å². The molecule has 1 amide bonds. The maximum Gasteiger partial charge on any atom is 0.257 e. The van der Waals surface area contributed by atoms with Crippen molar-refractivity contribution in [2.75, 3.05) is 45.3 Å².